The van der Waals surface area contributed by atoms with Crippen molar-refractivity contribution in [3.8, 4) is 0 Å². The Morgan fingerprint density at radius 2 is 1.81 bits per heavy atom. The number of hydrogen-bond donors (Lipinski definition) is 0. The van der Waals surface area contributed by atoms with E-state index >= 15 is 0 Å². The highest BCUT2D eigenvalue weighted by Crippen LogP contribution is 2.27. The highest BCUT2D eigenvalue weighted by molar-refractivity contribution is 6.64. The van der Waals surface area contributed by atoms with Crippen molar-refractivity contribution in [1.82, 2.24) is 9.88 Å². The maximum Gasteiger partial charge on any atom is 0.656 e. The third-order valence-corrected chi connectivity index (χ3v) is 2.64. The Morgan fingerprint density at radius 1 is 1.24 bits per heavy atom. The zero-order valence-corrected chi connectivity index (χ0v) is 10.9. The van der Waals surface area contributed by atoms with Crippen LogP contribution in [0.3, 0.4) is 0 Å². The molecule has 0 N–H and O–H groups in total. The van der Waals surface area contributed by atoms with Gasteiger partial charge in [-0.25, -0.2) is 0 Å². The van der Waals surface area contributed by atoms with Crippen LogP contribution in [0.25, 0.3) is 0 Å². The van der Waals surface area contributed by atoms with Gasteiger partial charge in [0.2, 0.25) is 0 Å². The fraction of sp³-hybridized carbons (Fsp3) is 0.364. The molecule has 10 heteroatoms. The first-order valence-corrected chi connectivity index (χ1v) is 5.87. The quantitative estimate of drug-likeness (QED) is 0.671. The van der Waals surface area contributed by atoms with Crippen LogP contribution >= 0.6 is 0 Å². The SMILES string of the molecule is CN1CC(=O)OB(c2ncccc2C(F)(F)F)OC(=O)C1. The van der Waals surface area contributed by atoms with E-state index in [0.717, 1.165) is 18.3 Å². The number of likely N-dealkylation sites (N-methyl/N-ethyl adjacent to an activating group) is 1. The van der Waals surface area contributed by atoms with Gasteiger partial charge >= 0.3 is 25.2 Å². The van der Waals surface area contributed by atoms with E-state index in [1.807, 2.05) is 0 Å². The molecule has 2 rings (SSSR count). The topological polar surface area (TPSA) is 68.7 Å². The zero-order chi connectivity index (χ0) is 15.6. The standard InChI is InChI=1S/C11H10BF3N2O4/c1-17-5-8(18)20-12(21-9(19)6-17)10-7(11(13,14)15)3-2-4-16-10/h2-4H,5-6H2,1H3. The Morgan fingerprint density at radius 3 is 2.33 bits per heavy atom. The van der Waals surface area contributed by atoms with Crippen LogP contribution in [0.5, 0.6) is 0 Å². The summed E-state index contributed by atoms with van der Waals surface area (Å²) in [6, 6.07) is 1.86. The van der Waals surface area contributed by atoms with Gasteiger partial charge in [0.05, 0.1) is 18.7 Å². The van der Waals surface area contributed by atoms with Gasteiger partial charge in [0.1, 0.15) is 5.59 Å². The lowest BCUT2D eigenvalue weighted by Gasteiger charge is -2.23. The van der Waals surface area contributed by atoms with Crippen molar-refractivity contribution in [1.29, 1.82) is 0 Å². The molecule has 1 fully saturated rings. The molecule has 112 valence electrons. The van der Waals surface area contributed by atoms with E-state index in [0.29, 0.717) is 0 Å². The predicted octanol–water partition coefficient (Wildman–Crippen LogP) is -0.173. The normalized spacial score (nSPS) is 17.8. The van der Waals surface area contributed by atoms with E-state index in [4.69, 9.17) is 9.31 Å². The van der Waals surface area contributed by atoms with Crippen molar-refractivity contribution in [3.63, 3.8) is 0 Å². The smallest absolute Gasteiger partial charge is 0.493 e. The number of aromatic nitrogens is 1. The van der Waals surface area contributed by atoms with E-state index < -0.39 is 36.4 Å². The molecule has 0 aliphatic carbocycles. The fourth-order valence-corrected chi connectivity index (χ4v) is 1.79. The van der Waals surface area contributed by atoms with Crippen molar-refractivity contribution in [2.45, 2.75) is 6.18 Å². The predicted molar refractivity (Wildman–Crippen MR) is 64.3 cm³/mol. The Balaban J connectivity index is 2.36. The van der Waals surface area contributed by atoms with Gasteiger partial charge in [0, 0.05) is 6.20 Å². The first kappa shape index (κ1) is 15.3. The number of pyridine rings is 1. The molecule has 0 saturated carbocycles. The van der Waals surface area contributed by atoms with Crippen molar-refractivity contribution < 1.29 is 32.1 Å². The highest BCUT2D eigenvalue weighted by Gasteiger charge is 2.43. The summed E-state index contributed by atoms with van der Waals surface area (Å²) < 4.78 is 48.3. The van der Waals surface area contributed by atoms with Crippen LogP contribution in [0.2, 0.25) is 0 Å². The Labute approximate surface area is 118 Å². The number of nitrogens with zero attached hydrogens (tertiary/aromatic N) is 2. The summed E-state index contributed by atoms with van der Waals surface area (Å²) in [6.07, 6.45) is -3.61. The molecule has 0 radical (unpaired) electrons. The zero-order valence-electron chi connectivity index (χ0n) is 10.9. The summed E-state index contributed by atoms with van der Waals surface area (Å²) in [7, 11) is -0.332. The van der Waals surface area contributed by atoms with Crippen LogP contribution in [-0.2, 0) is 25.1 Å². The van der Waals surface area contributed by atoms with Crippen molar-refractivity contribution in [2.75, 3.05) is 20.1 Å². The first-order valence-electron chi connectivity index (χ1n) is 5.87. The first-order chi connectivity index (χ1) is 9.77. The maximum absolute atomic E-state index is 12.9. The van der Waals surface area contributed by atoms with Crippen LogP contribution < -0.4 is 5.59 Å². The molecule has 0 spiro atoms. The average Bonchev–Trinajstić information content (AvgIpc) is 2.35. The van der Waals surface area contributed by atoms with Gasteiger partial charge < -0.3 is 9.31 Å². The molecule has 0 unspecified atom stereocenters. The van der Waals surface area contributed by atoms with Crippen molar-refractivity contribution in [2.24, 2.45) is 0 Å². The molecule has 1 aromatic rings. The van der Waals surface area contributed by atoms with Crippen LogP contribution in [-0.4, -0.2) is 49.1 Å². The molecule has 6 nitrogen and oxygen atoms in total. The van der Waals surface area contributed by atoms with E-state index in [9.17, 15) is 22.8 Å². The molecule has 2 heterocycles. The second kappa shape index (κ2) is 5.72. The van der Waals surface area contributed by atoms with Crippen LogP contribution in [0.1, 0.15) is 5.56 Å². The molecule has 0 atom stereocenters. The van der Waals surface area contributed by atoms with Gasteiger partial charge in [-0.1, -0.05) is 0 Å². The second-order valence-corrected chi connectivity index (χ2v) is 4.42. The molecular weight excluding hydrogens is 292 g/mol. The third kappa shape index (κ3) is 3.72. The van der Waals surface area contributed by atoms with Crippen molar-refractivity contribution in [3.05, 3.63) is 23.9 Å². The van der Waals surface area contributed by atoms with E-state index in [1.165, 1.54) is 11.9 Å². The number of carbonyl (C=O) groups is 2. The molecule has 0 amide bonds. The minimum Gasteiger partial charge on any atom is -0.493 e. The number of hydrogen-bond acceptors (Lipinski definition) is 6. The van der Waals surface area contributed by atoms with Gasteiger partial charge in [0.25, 0.3) is 0 Å². The third-order valence-electron chi connectivity index (χ3n) is 2.64. The van der Waals surface area contributed by atoms with Gasteiger partial charge in [-0.15, -0.1) is 0 Å². The molecular formula is C11H10BF3N2O4. The Kier molecular flexibility index (Phi) is 4.17. The van der Waals surface area contributed by atoms with E-state index in [2.05, 4.69) is 4.98 Å². The van der Waals surface area contributed by atoms with Crippen LogP contribution in [0.15, 0.2) is 18.3 Å². The number of rotatable bonds is 1. The van der Waals surface area contributed by atoms with Gasteiger partial charge in [-0.05, 0) is 19.2 Å². The Hall–Kier alpha value is -2.10. The van der Waals surface area contributed by atoms with E-state index in [1.54, 1.807) is 0 Å². The van der Waals surface area contributed by atoms with Gasteiger partial charge in [0.15, 0.2) is 0 Å². The summed E-state index contributed by atoms with van der Waals surface area (Å²) in [5, 5.41) is 0. The maximum atomic E-state index is 12.9. The molecule has 21 heavy (non-hydrogen) atoms. The summed E-state index contributed by atoms with van der Waals surface area (Å²) in [6.45, 7) is -0.473. The summed E-state index contributed by atoms with van der Waals surface area (Å²) in [4.78, 5) is 27.9. The fourth-order valence-electron chi connectivity index (χ4n) is 1.79. The van der Waals surface area contributed by atoms with Gasteiger partial charge in [-0.3, -0.25) is 19.5 Å². The minimum absolute atomic E-state index is 0.236. The molecule has 1 aliphatic heterocycles. The monoisotopic (exact) mass is 302 g/mol. The minimum atomic E-state index is -4.71. The highest BCUT2D eigenvalue weighted by atomic mass is 19.4. The molecule has 1 aliphatic rings. The number of alkyl halides is 3. The lowest BCUT2D eigenvalue weighted by molar-refractivity contribution is -0.146. The Bertz CT molecular complexity index is 547. The lowest BCUT2D eigenvalue weighted by atomic mass is 9.80. The number of halogens is 3. The molecule has 0 aromatic carbocycles. The average molecular weight is 302 g/mol. The molecule has 0 bridgehead atoms. The largest absolute Gasteiger partial charge is 0.656 e. The molecule has 1 aromatic heterocycles. The van der Waals surface area contributed by atoms with Crippen LogP contribution in [0, 0.1) is 0 Å². The lowest BCUT2D eigenvalue weighted by Crippen LogP contribution is -2.50. The van der Waals surface area contributed by atoms with Crippen LogP contribution in [0.4, 0.5) is 13.2 Å². The number of carbonyl (C=O) groups excluding carboxylic acids is 2. The summed E-state index contributed by atoms with van der Waals surface area (Å²) in [5.41, 5.74) is -1.78. The van der Waals surface area contributed by atoms with E-state index in [-0.39, 0.29) is 13.1 Å². The van der Waals surface area contributed by atoms with Gasteiger partial charge in [-0.2, -0.15) is 13.2 Å². The van der Waals surface area contributed by atoms with Crippen molar-refractivity contribution >= 4 is 24.7 Å². The summed E-state index contributed by atoms with van der Waals surface area (Å²) in [5.74, 6) is -1.62. The summed E-state index contributed by atoms with van der Waals surface area (Å²) >= 11 is 0. The molecule has 1 saturated heterocycles. The second-order valence-electron chi connectivity index (χ2n) is 4.42.